The summed E-state index contributed by atoms with van der Waals surface area (Å²) in [6.45, 7) is 0. The van der Waals surface area contributed by atoms with Crippen LogP contribution >= 0.6 is 0 Å². The van der Waals surface area contributed by atoms with Crippen LogP contribution in [0.2, 0.25) is 0 Å². The number of hydrogen-bond donors (Lipinski definition) is 2. The maximum atomic E-state index is 10.5. The van der Waals surface area contributed by atoms with Crippen molar-refractivity contribution in [3.05, 3.63) is 30.2 Å². The summed E-state index contributed by atoms with van der Waals surface area (Å²) in [5, 5.41) is 15.5. The SMILES string of the molecule is Cn1ccc(Nc2ccc(C(=O)O)o2)n1. The lowest BCUT2D eigenvalue weighted by molar-refractivity contribution is 0.0663. The number of hydrogen-bond acceptors (Lipinski definition) is 4. The number of aryl methyl sites for hydroxylation is 1. The average Bonchev–Trinajstić information content (AvgIpc) is 2.76. The number of aromatic carboxylic acids is 1. The van der Waals surface area contributed by atoms with Gasteiger partial charge in [0.05, 0.1) is 0 Å². The molecule has 0 atom stereocenters. The maximum Gasteiger partial charge on any atom is 0.371 e. The summed E-state index contributed by atoms with van der Waals surface area (Å²) in [5.41, 5.74) is 0. The van der Waals surface area contributed by atoms with Gasteiger partial charge >= 0.3 is 5.97 Å². The van der Waals surface area contributed by atoms with Crippen LogP contribution in [0.1, 0.15) is 10.6 Å². The zero-order valence-electron chi connectivity index (χ0n) is 7.97. The van der Waals surface area contributed by atoms with Crippen molar-refractivity contribution in [1.82, 2.24) is 9.78 Å². The molecule has 15 heavy (non-hydrogen) atoms. The van der Waals surface area contributed by atoms with Crippen LogP contribution in [0.3, 0.4) is 0 Å². The van der Waals surface area contributed by atoms with Crippen molar-refractivity contribution in [2.24, 2.45) is 7.05 Å². The van der Waals surface area contributed by atoms with Crippen molar-refractivity contribution in [2.45, 2.75) is 0 Å². The Bertz CT molecular complexity index is 486. The summed E-state index contributed by atoms with van der Waals surface area (Å²) < 4.78 is 6.63. The number of furan rings is 1. The van der Waals surface area contributed by atoms with Crippen LogP contribution in [0.25, 0.3) is 0 Å². The van der Waals surface area contributed by atoms with E-state index >= 15 is 0 Å². The molecule has 78 valence electrons. The Morgan fingerprint density at radius 3 is 2.87 bits per heavy atom. The quantitative estimate of drug-likeness (QED) is 0.796. The van der Waals surface area contributed by atoms with Gasteiger partial charge in [0.25, 0.3) is 0 Å². The molecule has 2 heterocycles. The van der Waals surface area contributed by atoms with E-state index in [2.05, 4.69) is 10.4 Å². The van der Waals surface area contributed by atoms with Crippen molar-refractivity contribution in [2.75, 3.05) is 5.32 Å². The van der Waals surface area contributed by atoms with Gasteiger partial charge in [0.15, 0.2) is 11.7 Å². The lowest BCUT2D eigenvalue weighted by atomic mass is 10.4. The molecule has 0 amide bonds. The first-order valence-electron chi connectivity index (χ1n) is 4.25. The van der Waals surface area contributed by atoms with E-state index in [0.29, 0.717) is 11.7 Å². The molecule has 0 saturated carbocycles. The van der Waals surface area contributed by atoms with Gasteiger partial charge in [-0.15, -0.1) is 0 Å². The summed E-state index contributed by atoms with van der Waals surface area (Å²) in [5.74, 6) is -0.243. The van der Waals surface area contributed by atoms with Crippen molar-refractivity contribution in [1.29, 1.82) is 0 Å². The fourth-order valence-electron chi connectivity index (χ4n) is 1.13. The molecule has 2 N–H and O–H groups in total. The van der Waals surface area contributed by atoms with E-state index in [1.807, 2.05) is 0 Å². The molecule has 0 unspecified atom stereocenters. The van der Waals surface area contributed by atoms with Crippen molar-refractivity contribution >= 4 is 17.7 Å². The van der Waals surface area contributed by atoms with Gasteiger partial charge in [0.2, 0.25) is 5.76 Å². The van der Waals surface area contributed by atoms with Crippen LogP contribution < -0.4 is 5.32 Å². The fourth-order valence-corrected chi connectivity index (χ4v) is 1.13. The topological polar surface area (TPSA) is 80.3 Å². The second kappa shape index (κ2) is 3.49. The number of nitrogens with one attached hydrogen (secondary N) is 1. The first-order chi connectivity index (χ1) is 7.15. The molecule has 0 spiro atoms. The minimum absolute atomic E-state index is 0.103. The first kappa shape index (κ1) is 9.32. The minimum atomic E-state index is -1.09. The second-order valence-electron chi connectivity index (χ2n) is 2.97. The highest BCUT2D eigenvalue weighted by molar-refractivity contribution is 5.84. The fraction of sp³-hybridized carbons (Fsp3) is 0.111. The Balaban J connectivity index is 2.14. The van der Waals surface area contributed by atoms with Gasteiger partial charge in [-0.3, -0.25) is 4.68 Å². The van der Waals surface area contributed by atoms with E-state index in [1.165, 1.54) is 12.1 Å². The highest BCUT2D eigenvalue weighted by Gasteiger charge is 2.09. The van der Waals surface area contributed by atoms with Crippen molar-refractivity contribution in [3.63, 3.8) is 0 Å². The molecule has 0 saturated heterocycles. The van der Waals surface area contributed by atoms with E-state index in [1.54, 1.807) is 24.0 Å². The van der Waals surface area contributed by atoms with Crippen LogP contribution in [0.5, 0.6) is 0 Å². The molecule has 0 bridgehead atoms. The van der Waals surface area contributed by atoms with E-state index in [4.69, 9.17) is 9.52 Å². The average molecular weight is 207 g/mol. The van der Waals surface area contributed by atoms with Gasteiger partial charge < -0.3 is 14.8 Å². The highest BCUT2D eigenvalue weighted by atomic mass is 16.4. The Hall–Kier alpha value is -2.24. The van der Waals surface area contributed by atoms with Gasteiger partial charge in [0.1, 0.15) is 0 Å². The van der Waals surface area contributed by atoms with Crippen LogP contribution in [0, 0.1) is 0 Å². The summed E-state index contributed by atoms with van der Waals surface area (Å²) in [6, 6.07) is 4.68. The lowest BCUT2D eigenvalue weighted by Crippen LogP contribution is -1.94. The molecule has 0 aliphatic heterocycles. The molecule has 0 fully saturated rings. The number of rotatable bonds is 3. The first-order valence-corrected chi connectivity index (χ1v) is 4.25. The Morgan fingerprint density at radius 1 is 1.53 bits per heavy atom. The molecule has 0 radical (unpaired) electrons. The second-order valence-corrected chi connectivity index (χ2v) is 2.97. The summed E-state index contributed by atoms with van der Waals surface area (Å²) >= 11 is 0. The summed E-state index contributed by atoms with van der Waals surface area (Å²) in [4.78, 5) is 10.5. The molecular formula is C9H9N3O3. The smallest absolute Gasteiger partial charge is 0.371 e. The van der Waals surface area contributed by atoms with E-state index in [9.17, 15) is 4.79 Å². The number of carbonyl (C=O) groups is 1. The van der Waals surface area contributed by atoms with Gasteiger partial charge in [-0.25, -0.2) is 4.79 Å². The molecule has 2 aromatic heterocycles. The summed E-state index contributed by atoms with van der Waals surface area (Å²) in [6.07, 6.45) is 1.77. The van der Waals surface area contributed by atoms with Crippen molar-refractivity contribution < 1.29 is 14.3 Å². The predicted molar refractivity (Wildman–Crippen MR) is 52.2 cm³/mol. The van der Waals surface area contributed by atoms with Gasteiger partial charge in [-0.1, -0.05) is 0 Å². The van der Waals surface area contributed by atoms with Crippen LogP contribution in [0.15, 0.2) is 28.8 Å². The number of carboxylic acid groups (broad SMARTS) is 1. The van der Waals surface area contributed by atoms with E-state index < -0.39 is 5.97 Å². The Morgan fingerprint density at radius 2 is 2.33 bits per heavy atom. The normalized spacial score (nSPS) is 10.2. The third kappa shape index (κ3) is 1.98. The molecule has 6 heteroatoms. The number of carboxylic acids is 1. The van der Waals surface area contributed by atoms with Gasteiger partial charge in [0, 0.05) is 25.4 Å². The molecule has 2 rings (SSSR count). The molecule has 0 aliphatic carbocycles. The summed E-state index contributed by atoms with van der Waals surface area (Å²) in [7, 11) is 1.79. The third-order valence-corrected chi connectivity index (χ3v) is 1.78. The number of aromatic nitrogens is 2. The molecule has 2 aromatic rings. The highest BCUT2D eigenvalue weighted by Crippen LogP contribution is 2.17. The standard InChI is InChI=1S/C9H9N3O3/c1-12-5-4-7(11-12)10-8-3-2-6(15-8)9(13)14/h2-5H,1H3,(H,10,11)(H,13,14). The zero-order chi connectivity index (χ0) is 10.8. The molecular weight excluding hydrogens is 198 g/mol. The molecule has 0 aromatic carbocycles. The Kier molecular flexibility index (Phi) is 2.17. The largest absolute Gasteiger partial charge is 0.475 e. The number of anilines is 2. The number of nitrogens with zero attached hydrogens (tertiary/aromatic N) is 2. The maximum absolute atomic E-state index is 10.5. The van der Waals surface area contributed by atoms with E-state index in [0.717, 1.165) is 0 Å². The zero-order valence-corrected chi connectivity index (χ0v) is 7.97. The van der Waals surface area contributed by atoms with Gasteiger partial charge in [-0.05, 0) is 6.07 Å². The molecule has 6 nitrogen and oxygen atoms in total. The molecule has 0 aliphatic rings. The van der Waals surface area contributed by atoms with E-state index in [-0.39, 0.29) is 5.76 Å². The van der Waals surface area contributed by atoms with Crippen LogP contribution in [0.4, 0.5) is 11.7 Å². The third-order valence-electron chi connectivity index (χ3n) is 1.78. The Labute approximate surface area is 85.1 Å². The predicted octanol–water partition coefficient (Wildman–Crippen LogP) is 1.45. The van der Waals surface area contributed by atoms with Crippen molar-refractivity contribution in [3.8, 4) is 0 Å². The van der Waals surface area contributed by atoms with Gasteiger partial charge in [-0.2, -0.15) is 5.10 Å². The van der Waals surface area contributed by atoms with Crippen LogP contribution in [-0.4, -0.2) is 20.9 Å². The monoisotopic (exact) mass is 207 g/mol. The minimum Gasteiger partial charge on any atom is -0.475 e. The lowest BCUT2D eigenvalue weighted by Gasteiger charge is -1.96. The van der Waals surface area contributed by atoms with Crippen LogP contribution in [-0.2, 0) is 7.05 Å².